The maximum atomic E-state index is 11.8. The number of H-pyrrole nitrogens is 1. The van der Waals surface area contributed by atoms with Crippen LogP contribution in [-0.4, -0.2) is 22.6 Å². The number of carbonyl (C=O) groups is 1. The smallest absolute Gasteiger partial charge is 0.223 e. The van der Waals surface area contributed by atoms with Crippen LogP contribution in [-0.2, 0) is 11.3 Å². The van der Waals surface area contributed by atoms with Gasteiger partial charge in [0.25, 0.3) is 0 Å². The molecule has 2 aromatic rings. The summed E-state index contributed by atoms with van der Waals surface area (Å²) in [5, 5.41) is 9.77. The highest BCUT2D eigenvalue weighted by Crippen LogP contribution is 2.16. The zero-order chi connectivity index (χ0) is 14.4. The number of nitrogens with zero attached hydrogens (tertiary/aromatic N) is 1. The average molecular weight is 272 g/mol. The molecule has 5 heteroatoms. The van der Waals surface area contributed by atoms with Crippen molar-refractivity contribution in [1.82, 2.24) is 15.5 Å². The zero-order valence-electron chi connectivity index (χ0n) is 11.6. The third kappa shape index (κ3) is 3.68. The second-order valence-corrected chi connectivity index (χ2v) is 4.86. The Morgan fingerprint density at radius 2 is 2.10 bits per heavy atom. The van der Waals surface area contributed by atoms with E-state index >= 15 is 0 Å². The minimum Gasteiger partial charge on any atom is -0.352 e. The van der Waals surface area contributed by atoms with E-state index in [0.717, 1.165) is 16.8 Å². The van der Waals surface area contributed by atoms with E-state index in [2.05, 4.69) is 15.5 Å². The highest BCUT2D eigenvalue weighted by Gasteiger charge is 2.11. The van der Waals surface area contributed by atoms with Gasteiger partial charge in [0, 0.05) is 18.7 Å². The summed E-state index contributed by atoms with van der Waals surface area (Å²) in [6, 6.07) is 9.95. The van der Waals surface area contributed by atoms with Crippen molar-refractivity contribution in [2.75, 3.05) is 6.54 Å². The van der Waals surface area contributed by atoms with Crippen LogP contribution in [0.1, 0.15) is 18.9 Å². The summed E-state index contributed by atoms with van der Waals surface area (Å²) in [6.07, 6.45) is 2.44. The largest absolute Gasteiger partial charge is 0.352 e. The van der Waals surface area contributed by atoms with Crippen LogP contribution in [0.5, 0.6) is 0 Å². The number of rotatable bonds is 6. The molecule has 1 atom stereocenters. The van der Waals surface area contributed by atoms with Gasteiger partial charge in [0.15, 0.2) is 0 Å². The van der Waals surface area contributed by atoms with Crippen molar-refractivity contribution < 1.29 is 4.79 Å². The molecular weight excluding hydrogens is 252 g/mol. The normalized spacial score (nSPS) is 12.1. The molecule has 0 saturated heterocycles. The second-order valence-electron chi connectivity index (χ2n) is 4.86. The molecule has 0 bridgehead atoms. The minimum atomic E-state index is -0.0377. The van der Waals surface area contributed by atoms with Gasteiger partial charge < -0.3 is 11.1 Å². The lowest BCUT2D eigenvalue weighted by molar-refractivity contribution is -0.124. The summed E-state index contributed by atoms with van der Waals surface area (Å²) in [6.45, 7) is 2.97. The lowest BCUT2D eigenvalue weighted by atomic mass is 10.1. The summed E-state index contributed by atoms with van der Waals surface area (Å²) < 4.78 is 0. The molecule has 1 unspecified atom stereocenters. The van der Waals surface area contributed by atoms with Crippen LogP contribution in [0.25, 0.3) is 11.3 Å². The number of nitrogens with one attached hydrogen (secondary N) is 2. The molecule has 0 aliphatic carbocycles. The van der Waals surface area contributed by atoms with Crippen molar-refractivity contribution in [2.45, 2.75) is 19.9 Å². The number of aromatic nitrogens is 2. The van der Waals surface area contributed by atoms with E-state index in [0.29, 0.717) is 19.5 Å². The third-order valence-corrected chi connectivity index (χ3v) is 3.28. The molecule has 5 nitrogen and oxygen atoms in total. The van der Waals surface area contributed by atoms with E-state index in [-0.39, 0.29) is 11.8 Å². The van der Waals surface area contributed by atoms with E-state index < -0.39 is 0 Å². The number of nitrogens with two attached hydrogens (primary N) is 1. The van der Waals surface area contributed by atoms with E-state index in [9.17, 15) is 4.79 Å². The van der Waals surface area contributed by atoms with Crippen LogP contribution in [0.4, 0.5) is 0 Å². The van der Waals surface area contributed by atoms with Crippen molar-refractivity contribution >= 4 is 5.91 Å². The fourth-order valence-electron chi connectivity index (χ4n) is 1.96. The summed E-state index contributed by atoms with van der Waals surface area (Å²) >= 11 is 0. The maximum Gasteiger partial charge on any atom is 0.223 e. The Labute approximate surface area is 118 Å². The van der Waals surface area contributed by atoms with Gasteiger partial charge in [-0.05, 0) is 30.2 Å². The van der Waals surface area contributed by atoms with E-state index in [1.165, 1.54) is 0 Å². The maximum absolute atomic E-state index is 11.8. The monoisotopic (exact) mass is 272 g/mol. The Bertz CT molecular complexity index is 534. The molecule has 0 aliphatic heterocycles. The zero-order valence-corrected chi connectivity index (χ0v) is 11.6. The molecular formula is C15H20N4O. The molecule has 0 saturated carbocycles. The number of hydrogen-bond acceptors (Lipinski definition) is 3. The van der Waals surface area contributed by atoms with Gasteiger partial charge >= 0.3 is 0 Å². The molecule has 0 spiro atoms. The number of hydrogen-bond donors (Lipinski definition) is 3. The first-order valence-corrected chi connectivity index (χ1v) is 6.77. The number of aromatic amines is 1. The number of amides is 1. The van der Waals surface area contributed by atoms with E-state index in [1.807, 2.05) is 37.3 Å². The summed E-state index contributed by atoms with van der Waals surface area (Å²) in [4.78, 5) is 11.8. The quantitative estimate of drug-likeness (QED) is 0.748. The Kier molecular flexibility index (Phi) is 4.90. The van der Waals surface area contributed by atoms with Crippen molar-refractivity contribution in [3.8, 4) is 11.3 Å². The van der Waals surface area contributed by atoms with Gasteiger partial charge in [0.05, 0.1) is 5.69 Å². The van der Waals surface area contributed by atoms with Crippen LogP contribution in [0.3, 0.4) is 0 Å². The summed E-state index contributed by atoms with van der Waals surface area (Å²) in [5.41, 5.74) is 8.58. The minimum absolute atomic E-state index is 0.0377. The van der Waals surface area contributed by atoms with Crippen molar-refractivity contribution in [2.24, 2.45) is 11.7 Å². The third-order valence-electron chi connectivity index (χ3n) is 3.28. The number of carbonyl (C=O) groups excluding carboxylic acids is 1. The first-order valence-electron chi connectivity index (χ1n) is 6.77. The molecule has 2 rings (SSSR count). The molecule has 0 aliphatic rings. The van der Waals surface area contributed by atoms with Gasteiger partial charge in [-0.2, -0.15) is 5.10 Å². The standard InChI is InChI=1S/C15H20N4O/c1-11(6-8-16)15(20)17-10-12-2-4-13(5-3-12)14-7-9-18-19-14/h2-5,7,9,11H,6,8,10,16H2,1H3,(H,17,20)(H,18,19). The topological polar surface area (TPSA) is 83.8 Å². The highest BCUT2D eigenvalue weighted by atomic mass is 16.1. The first kappa shape index (κ1) is 14.3. The molecule has 0 radical (unpaired) electrons. The molecule has 1 aromatic carbocycles. The Hall–Kier alpha value is -2.14. The van der Waals surface area contributed by atoms with E-state index in [1.54, 1.807) is 6.20 Å². The van der Waals surface area contributed by atoms with Gasteiger partial charge in [-0.1, -0.05) is 31.2 Å². The number of benzene rings is 1. The molecule has 1 amide bonds. The predicted octanol–water partition coefficient (Wildman–Crippen LogP) is 1.68. The predicted molar refractivity (Wildman–Crippen MR) is 78.7 cm³/mol. The molecule has 1 heterocycles. The van der Waals surface area contributed by atoms with Gasteiger partial charge in [-0.3, -0.25) is 9.89 Å². The van der Waals surface area contributed by atoms with Gasteiger partial charge in [0.1, 0.15) is 0 Å². The first-order chi connectivity index (χ1) is 9.70. The van der Waals surface area contributed by atoms with Crippen molar-refractivity contribution in [1.29, 1.82) is 0 Å². The van der Waals surface area contributed by atoms with Gasteiger partial charge in [-0.25, -0.2) is 0 Å². The molecule has 20 heavy (non-hydrogen) atoms. The average Bonchev–Trinajstić information content (AvgIpc) is 2.99. The van der Waals surface area contributed by atoms with Crippen molar-refractivity contribution in [3.63, 3.8) is 0 Å². The molecule has 1 aromatic heterocycles. The van der Waals surface area contributed by atoms with Crippen LogP contribution in [0.15, 0.2) is 36.5 Å². The van der Waals surface area contributed by atoms with Crippen LogP contribution in [0, 0.1) is 5.92 Å². The summed E-state index contributed by atoms with van der Waals surface area (Å²) in [5.74, 6) is 0.0114. The van der Waals surface area contributed by atoms with Crippen molar-refractivity contribution in [3.05, 3.63) is 42.1 Å². The molecule has 4 N–H and O–H groups in total. The van der Waals surface area contributed by atoms with Crippen LogP contribution in [0.2, 0.25) is 0 Å². The fraction of sp³-hybridized carbons (Fsp3) is 0.333. The van der Waals surface area contributed by atoms with Crippen LogP contribution < -0.4 is 11.1 Å². The van der Waals surface area contributed by atoms with Gasteiger partial charge in [0.2, 0.25) is 5.91 Å². The lowest BCUT2D eigenvalue weighted by Gasteiger charge is -2.11. The Morgan fingerprint density at radius 1 is 1.35 bits per heavy atom. The van der Waals surface area contributed by atoms with E-state index in [4.69, 9.17) is 5.73 Å². The van der Waals surface area contributed by atoms with Gasteiger partial charge in [-0.15, -0.1) is 0 Å². The SMILES string of the molecule is CC(CCN)C(=O)NCc1ccc(-c2ccn[nH]2)cc1. The fourth-order valence-corrected chi connectivity index (χ4v) is 1.96. The Balaban J connectivity index is 1.90. The summed E-state index contributed by atoms with van der Waals surface area (Å²) in [7, 11) is 0. The molecule has 106 valence electrons. The van der Waals surface area contributed by atoms with Crippen LogP contribution >= 0.6 is 0 Å². The highest BCUT2D eigenvalue weighted by molar-refractivity contribution is 5.78. The molecule has 0 fully saturated rings. The Morgan fingerprint density at radius 3 is 2.70 bits per heavy atom. The lowest BCUT2D eigenvalue weighted by Crippen LogP contribution is -2.29. The second kappa shape index (κ2) is 6.86.